The average Bonchev–Trinajstić information content (AvgIpc) is 2.06. The van der Waals surface area contributed by atoms with E-state index in [-0.39, 0.29) is 0 Å². The van der Waals surface area contributed by atoms with Gasteiger partial charge < -0.3 is 0 Å². The highest BCUT2D eigenvalue weighted by Gasteiger charge is 1.96. The maximum atomic E-state index is 4.12. The zero-order chi connectivity index (χ0) is 7.68. The van der Waals surface area contributed by atoms with Crippen LogP contribution in [-0.4, -0.2) is 9.97 Å². The Kier molecular flexibility index (Phi) is 1.58. The highest BCUT2D eigenvalue weighted by molar-refractivity contribution is 9.10. The number of para-hydroxylation sites is 1. The van der Waals surface area contributed by atoms with Gasteiger partial charge in [0.2, 0.25) is 0 Å². The zero-order valence-electron chi connectivity index (χ0n) is 5.58. The van der Waals surface area contributed by atoms with E-state index in [0.29, 0.717) is 0 Å². The predicted octanol–water partition coefficient (Wildman–Crippen LogP) is 2.19. The number of nitrogens with zero attached hydrogens (tertiary/aromatic N) is 2. The molecule has 0 amide bonds. The van der Waals surface area contributed by atoms with Gasteiger partial charge in [-0.25, -0.2) is 4.98 Å². The van der Waals surface area contributed by atoms with Crippen LogP contribution in [0.25, 0.3) is 11.0 Å². The number of halogens is 1. The van der Waals surface area contributed by atoms with Gasteiger partial charge in [-0.1, -0.05) is 6.07 Å². The summed E-state index contributed by atoms with van der Waals surface area (Å²) in [6, 6.07) is 5.77. The molecule has 0 spiro atoms. The monoisotopic (exact) mass is 207 g/mol. The lowest BCUT2D eigenvalue weighted by molar-refractivity contribution is 1.27. The van der Waals surface area contributed by atoms with E-state index in [4.69, 9.17) is 0 Å². The first-order chi connectivity index (χ1) is 5.38. The minimum Gasteiger partial charge on any atom is -0.251 e. The Morgan fingerprint density at radius 1 is 1.36 bits per heavy atom. The van der Waals surface area contributed by atoms with Crippen LogP contribution in [0.4, 0.5) is 0 Å². The van der Waals surface area contributed by atoms with Crippen molar-refractivity contribution in [2.45, 2.75) is 0 Å². The molecule has 1 heterocycles. The molecule has 0 aliphatic carbocycles. The molecule has 0 saturated carbocycles. The lowest BCUT2D eigenvalue weighted by Crippen LogP contribution is -1.81. The summed E-state index contributed by atoms with van der Waals surface area (Å²) < 4.78 is 0.969. The normalized spacial score (nSPS) is 10.3. The summed E-state index contributed by atoms with van der Waals surface area (Å²) >= 11 is 3.38. The van der Waals surface area contributed by atoms with Crippen molar-refractivity contribution in [1.29, 1.82) is 0 Å². The van der Waals surface area contributed by atoms with E-state index in [1.807, 2.05) is 18.2 Å². The number of hydrogen-bond acceptors (Lipinski definition) is 2. The van der Waals surface area contributed by atoms with Crippen LogP contribution in [-0.2, 0) is 0 Å². The van der Waals surface area contributed by atoms with Gasteiger partial charge in [0, 0.05) is 4.47 Å². The van der Waals surface area contributed by atoms with Crippen molar-refractivity contribution in [1.82, 2.24) is 9.97 Å². The van der Waals surface area contributed by atoms with Crippen LogP contribution in [0.5, 0.6) is 0 Å². The predicted molar refractivity (Wildman–Crippen MR) is 46.1 cm³/mol. The summed E-state index contributed by atoms with van der Waals surface area (Å²) in [5, 5.41) is 0. The standard InChI is InChI=1S/C8H4BrN2/c9-6-2-1-3-7-8(6)11-5-4-10-7/h1-3,5H. The van der Waals surface area contributed by atoms with E-state index in [1.54, 1.807) is 6.20 Å². The van der Waals surface area contributed by atoms with Gasteiger partial charge in [0.25, 0.3) is 0 Å². The fourth-order valence-corrected chi connectivity index (χ4v) is 1.37. The molecule has 2 aromatic rings. The van der Waals surface area contributed by atoms with Crippen LogP contribution < -0.4 is 0 Å². The van der Waals surface area contributed by atoms with E-state index < -0.39 is 0 Å². The van der Waals surface area contributed by atoms with Crippen LogP contribution in [0.1, 0.15) is 0 Å². The Balaban J connectivity index is 2.91. The molecule has 0 unspecified atom stereocenters. The van der Waals surface area contributed by atoms with Gasteiger partial charge in [0.05, 0.1) is 11.7 Å². The van der Waals surface area contributed by atoms with Crippen molar-refractivity contribution in [2.75, 3.05) is 0 Å². The zero-order valence-corrected chi connectivity index (χ0v) is 7.17. The topological polar surface area (TPSA) is 25.8 Å². The first kappa shape index (κ1) is 6.73. The number of rotatable bonds is 0. The van der Waals surface area contributed by atoms with Crippen molar-refractivity contribution in [3.05, 3.63) is 35.1 Å². The molecular formula is C8H4BrN2. The molecule has 1 aromatic heterocycles. The van der Waals surface area contributed by atoms with Crippen LogP contribution in [0, 0.1) is 6.20 Å². The molecule has 1 radical (unpaired) electrons. The third-order valence-corrected chi connectivity index (χ3v) is 2.04. The Labute approximate surface area is 72.4 Å². The molecule has 0 atom stereocenters. The third kappa shape index (κ3) is 1.12. The van der Waals surface area contributed by atoms with Gasteiger partial charge in [0.15, 0.2) is 0 Å². The van der Waals surface area contributed by atoms with E-state index in [9.17, 15) is 0 Å². The van der Waals surface area contributed by atoms with Gasteiger partial charge in [-0.2, -0.15) is 0 Å². The van der Waals surface area contributed by atoms with E-state index in [1.165, 1.54) is 0 Å². The first-order valence-corrected chi connectivity index (χ1v) is 3.94. The van der Waals surface area contributed by atoms with Gasteiger partial charge in [0.1, 0.15) is 11.7 Å². The van der Waals surface area contributed by atoms with Gasteiger partial charge in [-0.05, 0) is 28.1 Å². The van der Waals surface area contributed by atoms with Crippen molar-refractivity contribution < 1.29 is 0 Å². The fourth-order valence-electron chi connectivity index (χ4n) is 0.914. The molecule has 0 aliphatic rings. The molecule has 11 heavy (non-hydrogen) atoms. The molecule has 2 rings (SSSR count). The van der Waals surface area contributed by atoms with Crippen LogP contribution >= 0.6 is 15.9 Å². The number of hydrogen-bond donors (Lipinski definition) is 0. The Morgan fingerprint density at radius 2 is 2.27 bits per heavy atom. The van der Waals surface area contributed by atoms with Crippen LogP contribution in [0.15, 0.2) is 28.9 Å². The van der Waals surface area contributed by atoms with Crippen LogP contribution in [0.2, 0.25) is 0 Å². The molecule has 1 aromatic carbocycles. The minimum atomic E-state index is 0.863. The molecule has 3 heteroatoms. The van der Waals surface area contributed by atoms with E-state index in [2.05, 4.69) is 32.1 Å². The molecule has 0 saturated heterocycles. The minimum absolute atomic E-state index is 0.863. The molecular weight excluding hydrogens is 204 g/mol. The van der Waals surface area contributed by atoms with Crippen molar-refractivity contribution in [3.63, 3.8) is 0 Å². The largest absolute Gasteiger partial charge is 0.251 e. The quantitative estimate of drug-likeness (QED) is 0.663. The second-order valence-electron chi connectivity index (χ2n) is 2.11. The molecule has 0 bridgehead atoms. The number of benzene rings is 1. The summed E-state index contributed by atoms with van der Waals surface area (Å²) in [6.45, 7) is 0. The van der Waals surface area contributed by atoms with Crippen LogP contribution in [0.3, 0.4) is 0 Å². The second-order valence-corrected chi connectivity index (χ2v) is 2.96. The lowest BCUT2D eigenvalue weighted by Gasteiger charge is -1.95. The summed E-state index contributed by atoms with van der Waals surface area (Å²) in [5.74, 6) is 0. The molecule has 2 nitrogen and oxygen atoms in total. The number of aromatic nitrogens is 2. The van der Waals surface area contributed by atoms with Gasteiger partial charge in [-0.15, -0.1) is 0 Å². The maximum Gasteiger partial charge on any atom is 0.109 e. The molecule has 53 valence electrons. The smallest absolute Gasteiger partial charge is 0.109 e. The summed E-state index contributed by atoms with van der Waals surface area (Å²) in [7, 11) is 0. The first-order valence-electron chi connectivity index (χ1n) is 3.15. The Bertz CT molecular complexity index is 381. The molecule has 0 aliphatic heterocycles. The summed E-state index contributed by atoms with van der Waals surface area (Å²) in [6.07, 6.45) is 4.24. The van der Waals surface area contributed by atoms with Crippen molar-refractivity contribution >= 4 is 27.0 Å². The Hall–Kier alpha value is -0.960. The Morgan fingerprint density at radius 3 is 3.09 bits per heavy atom. The lowest BCUT2D eigenvalue weighted by atomic mass is 10.3. The van der Waals surface area contributed by atoms with E-state index >= 15 is 0 Å². The van der Waals surface area contributed by atoms with Gasteiger partial charge >= 0.3 is 0 Å². The highest BCUT2D eigenvalue weighted by atomic mass is 79.9. The third-order valence-electron chi connectivity index (χ3n) is 1.40. The van der Waals surface area contributed by atoms with Gasteiger partial charge in [-0.3, -0.25) is 4.98 Å². The summed E-state index contributed by atoms with van der Waals surface area (Å²) in [5.41, 5.74) is 1.74. The van der Waals surface area contributed by atoms with Crippen molar-refractivity contribution in [2.24, 2.45) is 0 Å². The molecule has 0 fully saturated rings. The average molecular weight is 208 g/mol. The van der Waals surface area contributed by atoms with Crippen molar-refractivity contribution in [3.8, 4) is 0 Å². The van der Waals surface area contributed by atoms with E-state index in [0.717, 1.165) is 15.5 Å². The SMILES string of the molecule is Brc1cccc2n[c]cnc12. The maximum absolute atomic E-state index is 4.12. The molecule has 0 N–H and O–H groups in total. The number of fused-ring (bicyclic) bond motifs is 1. The highest BCUT2D eigenvalue weighted by Crippen LogP contribution is 2.18. The summed E-state index contributed by atoms with van der Waals surface area (Å²) in [4.78, 5) is 8.14. The fraction of sp³-hybridized carbons (Fsp3) is 0. The second kappa shape index (κ2) is 2.58.